The normalized spacial score (nSPS) is 30.2. The van der Waals surface area contributed by atoms with Crippen LogP contribution in [-0.4, -0.2) is 12.2 Å². The van der Waals surface area contributed by atoms with Gasteiger partial charge in [-0.2, -0.15) is 0 Å². The van der Waals surface area contributed by atoms with E-state index < -0.39 is 6.10 Å². The number of pyridine rings is 1. The molecule has 0 amide bonds. The molecule has 2 aromatic rings. The number of aliphatic hydroxyl groups excluding tert-OH is 1. The number of aromatic nitrogens is 1. The van der Waals surface area contributed by atoms with Gasteiger partial charge in [0.05, 0.1) is 18.6 Å². The van der Waals surface area contributed by atoms with Crippen molar-refractivity contribution in [3.05, 3.63) is 48.7 Å². The smallest absolute Gasteiger partial charge is 0.211 e. The van der Waals surface area contributed by atoms with Crippen molar-refractivity contribution < 1.29 is 14.8 Å². The topological polar surface area (TPSA) is 43.6 Å². The lowest BCUT2D eigenvalue weighted by Crippen LogP contribution is -2.39. The van der Waals surface area contributed by atoms with Gasteiger partial charge in [-0.15, -0.1) is 6.58 Å². The predicted octanol–water partition coefficient (Wildman–Crippen LogP) is 3.93. The molecule has 24 heavy (non-hydrogen) atoms. The van der Waals surface area contributed by atoms with Crippen molar-refractivity contribution in [1.29, 1.82) is 0 Å². The van der Waals surface area contributed by atoms with E-state index in [1.807, 2.05) is 30.5 Å². The van der Waals surface area contributed by atoms with E-state index in [1.54, 1.807) is 7.11 Å². The van der Waals surface area contributed by atoms with Gasteiger partial charge in [-0.3, -0.25) is 0 Å². The Morgan fingerprint density at radius 1 is 1.25 bits per heavy atom. The Hall–Kier alpha value is -1.87. The highest BCUT2D eigenvalue weighted by atomic mass is 16.5. The molecule has 1 aromatic carbocycles. The van der Waals surface area contributed by atoms with E-state index in [1.165, 1.54) is 19.3 Å². The first-order valence-corrected chi connectivity index (χ1v) is 9.00. The largest absolute Gasteiger partial charge is 0.497 e. The average Bonchev–Trinajstić information content (AvgIpc) is 2.66. The third kappa shape index (κ3) is 2.51. The van der Waals surface area contributed by atoms with Crippen LogP contribution in [0.1, 0.15) is 37.4 Å². The highest BCUT2D eigenvalue weighted by molar-refractivity contribution is 5.81. The van der Waals surface area contributed by atoms with Gasteiger partial charge in [-0.1, -0.05) is 6.08 Å². The first kappa shape index (κ1) is 15.6. The van der Waals surface area contributed by atoms with Crippen LogP contribution in [0.3, 0.4) is 0 Å². The lowest BCUT2D eigenvalue weighted by molar-refractivity contribution is -0.344. The summed E-state index contributed by atoms with van der Waals surface area (Å²) in [7, 11) is 1.68. The van der Waals surface area contributed by atoms with E-state index in [2.05, 4.69) is 17.6 Å². The fourth-order valence-corrected chi connectivity index (χ4v) is 5.02. The molecule has 3 fully saturated rings. The molecule has 0 spiro atoms. The van der Waals surface area contributed by atoms with Gasteiger partial charge >= 0.3 is 0 Å². The Balaban J connectivity index is 1.69. The molecule has 2 bridgehead atoms. The zero-order valence-corrected chi connectivity index (χ0v) is 14.2. The second kappa shape index (κ2) is 6.21. The van der Waals surface area contributed by atoms with Crippen molar-refractivity contribution in [3.63, 3.8) is 0 Å². The number of ether oxygens (including phenoxy) is 1. The summed E-state index contributed by atoms with van der Waals surface area (Å²) in [6, 6.07) is 8.02. The lowest BCUT2D eigenvalue weighted by Gasteiger charge is -2.48. The van der Waals surface area contributed by atoms with Gasteiger partial charge in [0.15, 0.2) is 6.20 Å². The Morgan fingerprint density at radius 3 is 2.79 bits per heavy atom. The minimum absolute atomic E-state index is 0.358. The van der Waals surface area contributed by atoms with Crippen LogP contribution in [0.4, 0.5) is 0 Å². The zero-order chi connectivity index (χ0) is 16.7. The summed E-state index contributed by atoms with van der Waals surface area (Å²) in [6.45, 7) is 4.01. The van der Waals surface area contributed by atoms with Gasteiger partial charge < -0.3 is 9.84 Å². The van der Waals surface area contributed by atoms with Crippen LogP contribution < -0.4 is 9.72 Å². The number of benzene rings is 1. The molecular formula is C21H26NO2+. The molecule has 3 heteroatoms. The van der Waals surface area contributed by atoms with Crippen LogP contribution in [-0.2, 0) is 0 Å². The number of fused-ring (bicyclic) bond motifs is 4. The summed E-state index contributed by atoms with van der Waals surface area (Å²) < 4.78 is 5.37. The predicted molar refractivity (Wildman–Crippen MR) is 94.6 cm³/mol. The monoisotopic (exact) mass is 324 g/mol. The Morgan fingerprint density at radius 2 is 2.08 bits per heavy atom. The first-order chi connectivity index (χ1) is 11.7. The van der Waals surface area contributed by atoms with Crippen LogP contribution >= 0.6 is 0 Å². The molecule has 5 atom stereocenters. The van der Waals surface area contributed by atoms with Crippen molar-refractivity contribution in [2.75, 3.05) is 7.11 Å². The van der Waals surface area contributed by atoms with E-state index in [0.29, 0.717) is 23.7 Å². The summed E-state index contributed by atoms with van der Waals surface area (Å²) >= 11 is 0. The Kier molecular flexibility index (Phi) is 4.05. The number of nitrogens with one attached hydrogen (secondary N) is 1. The van der Waals surface area contributed by atoms with E-state index in [0.717, 1.165) is 28.6 Å². The number of H-pyrrole nitrogens is 1. The maximum Gasteiger partial charge on any atom is 0.211 e. The van der Waals surface area contributed by atoms with Gasteiger partial charge in [0, 0.05) is 17.7 Å². The van der Waals surface area contributed by atoms with Crippen molar-refractivity contribution in [1.82, 2.24) is 0 Å². The van der Waals surface area contributed by atoms with Crippen LogP contribution in [0.2, 0.25) is 0 Å². The van der Waals surface area contributed by atoms with Crippen LogP contribution in [0.25, 0.3) is 10.9 Å². The van der Waals surface area contributed by atoms with Crippen LogP contribution in [0.5, 0.6) is 5.75 Å². The Bertz CT molecular complexity index is 757. The summed E-state index contributed by atoms with van der Waals surface area (Å²) in [5.74, 6) is 3.14. The fourth-order valence-electron chi connectivity index (χ4n) is 5.02. The molecule has 2 N–H and O–H groups in total. The number of rotatable bonds is 4. The lowest BCUT2D eigenvalue weighted by atomic mass is 9.58. The van der Waals surface area contributed by atoms with Crippen LogP contribution in [0, 0.1) is 23.7 Å². The third-order valence-corrected chi connectivity index (χ3v) is 6.34. The minimum atomic E-state index is -0.409. The van der Waals surface area contributed by atoms with Gasteiger partial charge in [-0.25, -0.2) is 4.98 Å². The Labute approximate surface area is 143 Å². The van der Waals surface area contributed by atoms with Gasteiger partial charge in [0.25, 0.3) is 0 Å². The highest BCUT2D eigenvalue weighted by Crippen LogP contribution is 2.52. The maximum atomic E-state index is 11.2. The van der Waals surface area contributed by atoms with Gasteiger partial charge in [0.1, 0.15) is 5.75 Å². The first-order valence-electron chi connectivity index (χ1n) is 9.00. The molecular weight excluding hydrogens is 298 g/mol. The van der Waals surface area contributed by atoms with Gasteiger partial charge in [0.2, 0.25) is 5.52 Å². The highest BCUT2D eigenvalue weighted by Gasteiger charge is 2.43. The maximum absolute atomic E-state index is 11.2. The summed E-state index contributed by atoms with van der Waals surface area (Å²) in [5.41, 5.74) is 2.06. The second-order valence-electron chi connectivity index (χ2n) is 7.42. The second-order valence-corrected chi connectivity index (χ2v) is 7.42. The molecule has 1 heterocycles. The molecule has 3 aliphatic rings. The number of methoxy groups -OCH3 is 1. The van der Waals surface area contributed by atoms with E-state index >= 15 is 0 Å². The number of allylic oxidation sites excluding steroid dienone is 1. The van der Waals surface area contributed by atoms with Crippen molar-refractivity contribution in [3.8, 4) is 5.75 Å². The molecule has 3 saturated carbocycles. The molecule has 3 nitrogen and oxygen atoms in total. The average molecular weight is 324 g/mol. The van der Waals surface area contributed by atoms with Crippen molar-refractivity contribution >= 4 is 10.9 Å². The fraction of sp³-hybridized carbons (Fsp3) is 0.476. The molecule has 0 aliphatic heterocycles. The minimum Gasteiger partial charge on any atom is -0.497 e. The molecule has 5 unspecified atom stereocenters. The molecule has 3 aliphatic carbocycles. The molecule has 126 valence electrons. The zero-order valence-electron chi connectivity index (χ0n) is 14.2. The summed E-state index contributed by atoms with van der Waals surface area (Å²) in [4.78, 5) is 3.27. The van der Waals surface area contributed by atoms with E-state index in [9.17, 15) is 5.11 Å². The number of aliphatic hydroxyl groups is 1. The quantitative estimate of drug-likeness (QED) is 0.866. The van der Waals surface area contributed by atoms with Gasteiger partial charge in [-0.05, 0) is 61.5 Å². The summed E-state index contributed by atoms with van der Waals surface area (Å²) in [6.07, 6.45) is 8.51. The SMILES string of the molecule is C=CC1CC2CCC1CC2C(O)c1cc[nH+]c2ccc(OC)cc12. The third-order valence-electron chi connectivity index (χ3n) is 6.34. The number of hydrogen-bond acceptors (Lipinski definition) is 2. The summed E-state index contributed by atoms with van der Waals surface area (Å²) in [5, 5.41) is 12.3. The molecule has 1 aromatic heterocycles. The van der Waals surface area contributed by atoms with E-state index in [4.69, 9.17) is 4.74 Å². The van der Waals surface area contributed by atoms with Crippen molar-refractivity contribution in [2.24, 2.45) is 23.7 Å². The molecule has 5 rings (SSSR count). The molecule has 0 radical (unpaired) electrons. The number of aromatic amines is 1. The van der Waals surface area contributed by atoms with E-state index in [-0.39, 0.29) is 0 Å². The number of hydrogen-bond donors (Lipinski definition) is 1. The standard InChI is InChI=1S/C21H25NO2/c1-3-13-10-15-5-4-14(13)11-18(15)21(23)17-8-9-22-20-7-6-16(24-2)12-19(17)20/h3,6-9,12-15,18,21,23H,1,4-5,10-11H2,2H3/p+1. The van der Waals surface area contributed by atoms with Crippen LogP contribution in [0.15, 0.2) is 43.1 Å². The molecule has 0 saturated heterocycles. The van der Waals surface area contributed by atoms with Crippen molar-refractivity contribution in [2.45, 2.75) is 31.8 Å².